The van der Waals surface area contributed by atoms with Crippen LogP contribution in [-0.2, 0) is 24.3 Å². The number of carbonyl (C=O) groups is 1. The Hall–Kier alpha value is -3.19. The van der Waals surface area contributed by atoms with Gasteiger partial charge in [-0.25, -0.2) is 4.98 Å². The summed E-state index contributed by atoms with van der Waals surface area (Å²) in [6.45, 7) is 2.67. The van der Waals surface area contributed by atoms with Crippen molar-refractivity contribution in [2.45, 2.75) is 25.9 Å². The second-order valence-electron chi connectivity index (χ2n) is 6.50. The minimum atomic E-state index is -0.0373. The van der Waals surface area contributed by atoms with Crippen molar-refractivity contribution in [3.8, 4) is 0 Å². The molecule has 1 aromatic carbocycles. The highest BCUT2D eigenvalue weighted by Gasteiger charge is 2.12. The van der Waals surface area contributed by atoms with Crippen LogP contribution in [0.25, 0.3) is 0 Å². The molecular formula is C20H22N6O. The molecule has 0 aliphatic carbocycles. The smallest absolute Gasteiger partial charge is 0.224 e. The molecule has 3 heterocycles. The standard InChI is InChI=1S/C20H22N6O/c27-20(9-7-16-12-18-14-21-10-11-26(18)25-16)24-17-6-8-19(22-13-17)23-15-4-2-1-3-5-15/h1-6,8,12-13,21H,7,9-11,14H2,(H,22,23)(H,24,27). The number of carbonyl (C=O) groups excluding carboxylic acids is 1. The summed E-state index contributed by atoms with van der Waals surface area (Å²) in [5.41, 5.74) is 3.80. The van der Waals surface area contributed by atoms with Crippen molar-refractivity contribution in [2.75, 3.05) is 17.2 Å². The SMILES string of the molecule is O=C(CCc1cc2n(n1)CCNC2)Nc1ccc(Nc2ccccc2)nc1. The number of amides is 1. The van der Waals surface area contributed by atoms with Crippen LogP contribution in [0.5, 0.6) is 0 Å². The molecule has 2 aromatic heterocycles. The summed E-state index contributed by atoms with van der Waals surface area (Å²) in [4.78, 5) is 16.5. The van der Waals surface area contributed by atoms with Crippen molar-refractivity contribution < 1.29 is 4.79 Å². The van der Waals surface area contributed by atoms with Crippen molar-refractivity contribution in [2.24, 2.45) is 0 Å². The Kier molecular flexibility index (Phi) is 5.11. The Morgan fingerprint density at radius 1 is 1.15 bits per heavy atom. The van der Waals surface area contributed by atoms with Crippen LogP contribution in [0.2, 0.25) is 0 Å². The molecule has 0 spiro atoms. The number of aryl methyl sites for hydroxylation is 1. The Morgan fingerprint density at radius 2 is 2.04 bits per heavy atom. The van der Waals surface area contributed by atoms with E-state index in [1.54, 1.807) is 6.20 Å². The van der Waals surface area contributed by atoms with Gasteiger partial charge in [0.2, 0.25) is 5.91 Å². The normalized spacial score (nSPS) is 13.0. The maximum absolute atomic E-state index is 12.2. The van der Waals surface area contributed by atoms with E-state index < -0.39 is 0 Å². The number of benzene rings is 1. The number of anilines is 3. The molecule has 138 valence electrons. The lowest BCUT2D eigenvalue weighted by molar-refractivity contribution is -0.116. The second kappa shape index (κ2) is 8.01. The first-order valence-corrected chi connectivity index (χ1v) is 9.10. The molecule has 0 saturated carbocycles. The second-order valence-corrected chi connectivity index (χ2v) is 6.50. The van der Waals surface area contributed by atoms with E-state index in [4.69, 9.17) is 0 Å². The number of hydrogen-bond donors (Lipinski definition) is 3. The number of nitrogens with one attached hydrogen (secondary N) is 3. The van der Waals surface area contributed by atoms with Crippen molar-refractivity contribution >= 4 is 23.1 Å². The molecule has 1 aliphatic rings. The van der Waals surface area contributed by atoms with Gasteiger partial charge in [0.05, 0.1) is 29.8 Å². The van der Waals surface area contributed by atoms with E-state index >= 15 is 0 Å². The molecule has 1 amide bonds. The monoisotopic (exact) mass is 362 g/mol. The molecule has 0 radical (unpaired) electrons. The van der Waals surface area contributed by atoms with Crippen LogP contribution in [0.4, 0.5) is 17.2 Å². The van der Waals surface area contributed by atoms with Gasteiger partial charge in [0, 0.05) is 31.6 Å². The Balaban J connectivity index is 1.28. The van der Waals surface area contributed by atoms with Crippen molar-refractivity contribution in [1.82, 2.24) is 20.1 Å². The fraction of sp³-hybridized carbons (Fsp3) is 0.250. The number of aromatic nitrogens is 3. The lowest BCUT2D eigenvalue weighted by Crippen LogP contribution is -2.28. The van der Waals surface area contributed by atoms with Crippen LogP contribution < -0.4 is 16.0 Å². The summed E-state index contributed by atoms with van der Waals surface area (Å²) >= 11 is 0. The number of hydrogen-bond acceptors (Lipinski definition) is 5. The van der Waals surface area contributed by atoms with Crippen molar-refractivity contribution in [1.29, 1.82) is 0 Å². The summed E-state index contributed by atoms with van der Waals surface area (Å²) < 4.78 is 2.02. The molecule has 4 rings (SSSR count). The highest BCUT2D eigenvalue weighted by atomic mass is 16.1. The molecule has 0 fully saturated rings. The highest BCUT2D eigenvalue weighted by molar-refractivity contribution is 5.90. The zero-order valence-electron chi connectivity index (χ0n) is 15.0. The molecule has 1 aliphatic heterocycles. The summed E-state index contributed by atoms with van der Waals surface area (Å²) in [6, 6.07) is 15.6. The number of rotatable bonds is 6. The van der Waals surface area contributed by atoms with E-state index in [9.17, 15) is 4.79 Å². The predicted octanol–water partition coefficient (Wildman–Crippen LogP) is 2.70. The maximum atomic E-state index is 12.2. The lowest BCUT2D eigenvalue weighted by atomic mass is 10.2. The van der Waals surface area contributed by atoms with Crippen LogP contribution >= 0.6 is 0 Å². The van der Waals surface area contributed by atoms with Gasteiger partial charge in [0.1, 0.15) is 5.82 Å². The van der Waals surface area contributed by atoms with Crippen LogP contribution in [0, 0.1) is 0 Å². The zero-order valence-corrected chi connectivity index (χ0v) is 15.0. The third-order valence-electron chi connectivity index (χ3n) is 4.42. The van der Waals surface area contributed by atoms with Crippen LogP contribution in [0.1, 0.15) is 17.8 Å². The van der Waals surface area contributed by atoms with Crippen LogP contribution in [-0.4, -0.2) is 27.2 Å². The summed E-state index contributed by atoms with van der Waals surface area (Å²) in [6.07, 6.45) is 2.69. The van der Waals surface area contributed by atoms with E-state index in [1.807, 2.05) is 47.1 Å². The van der Waals surface area contributed by atoms with E-state index in [1.165, 1.54) is 5.69 Å². The van der Waals surface area contributed by atoms with Gasteiger partial charge in [-0.3, -0.25) is 9.48 Å². The number of para-hydroxylation sites is 1. The third-order valence-corrected chi connectivity index (χ3v) is 4.42. The Bertz CT molecular complexity index is 880. The van der Waals surface area contributed by atoms with E-state index in [-0.39, 0.29) is 5.91 Å². The van der Waals surface area contributed by atoms with Crippen molar-refractivity contribution in [3.63, 3.8) is 0 Å². The molecule has 7 heteroatoms. The highest BCUT2D eigenvalue weighted by Crippen LogP contribution is 2.16. The fourth-order valence-corrected chi connectivity index (χ4v) is 3.05. The van der Waals surface area contributed by atoms with Gasteiger partial charge in [-0.2, -0.15) is 5.10 Å². The van der Waals surface area contributed by atoms with Gasteiger partial charge in [0.15, 0.2) is 0 Å². The van der Waals surface area contributed by atoms with Gasteiger partial charge < -0.3 is 16.0 Å². The van der Waals surface area contributed by atoms with Gasteiger partial charge >= 0.3 is 0 Å². The topological polar surface area (TPSA) is 83.9 Å². The molecule has 3 aromatic rings. The Morgan fingerprint density at radius 3 is 2.81 bits per heavy atom. The zero-order chi connectivity index (χ0) is 18.5. The average Bonchev–Trinajstić information content (AvgIpc) is 3.12. The first-order chi connectivity index (χ1) is 13.3. The largest absolute Gasteiger partial charge is 0.340 e. The summed E-state index contributed by atoms with van der Waals surface area (Å²) in [5, 5.41) is 14.0. The average molecular weight is 362 g/mol. The third kappa shape index (κ3) is 4.51. The number of fused-ring (bicyclic) bond motifs is 1. The molecule has 0 saturated heterocycles. The summed E-state index contributed by atoms with van der Waals surface area (Å²) in [5.74, 6) is 0.695. The van der Waals surface area contributed by atoms with E-state index in [0.717, 1.165) is 36.8 Å². The van der Waals surface area contributed by atoms with E-state index in [2.05, 4.69) is 32.1 Å². The molecule has 27 heavy (non-hydrogen) atoms. The quantitative estimate of drug-likeness (QED) is 0.628. The minimum absolute atomic E-state index is 0.0373. The van der Waals surface area contributed by atoms with E-state index in [0.29, 0.717) is 18.5 Å². The van der Waals surface area contributed by atoms with Crippen LogP contribution in [0.3, 0.4) is 0 Å². The molecular weight excluding hydrogens is 340 g/mol. The summed E-state index contributed by atoms with van der Waals surface area (Å²) in [7, 11) is 0. The van der Waals surface area contributed by atoms with Crippen molar-refractivity contribution in [3.05, 3.63) is 66.1 Å². The first kappa shape index (κ1) is 17.2. The molecule has 0 bridgehead atoms. The predicted molar refractivity (Wildman–Crippen MR) is 105 cm³/mol. The first-order valence-electron chi connectivity index (χ1n) is 9.10. The number of nitrogens with zero attached hydrogens (tertiary/aromatic N) is 3. The molecule has 3 N–H and O–H groups in total. The minimum Gasteiger partial charge on any atom is -0.340 e. The van der Waals surface area contributed by atoms with Gasteiger partial charge in [-0.1, -0.05) is 18.2 Å². The van der Waals surface area contributed by atoms with Gasteiger partial charge in [-0.15, -0.1) is 0 Å². The van der Waals surface area contributed by atoms with Gasteiger partial charge in [-0.05, 0) is 30.3 Å². The Labute approximate surface area is 157 Å². The number of pyridine rings is 1. The molecule has 0 unspecified atom stereocenters. The van der Waals surface area contributed by atoms with Gasteiger partial charge in [0.25, 0.3) is 0 Å². The fourth-order valence-electron chi connectivity index (χ4n) is 3.05. The lowest BCUT2D eigenvalue weighted by Gasteiger charge is -2.13. The molecule has 7 nitrogen and oxygen atoms in total. The van der Waals surface area contributed by atoms with Crippen LogP contribution in [0.15, 0.2) is 54.7 Å². The molecule has 0 atom stereocenters. The maximum Gasteiger partial charge on any atom is 0.224 e.